The zero-order chi connectivity index (χ0) is 22.1. The SMILES string of the molecule is CCNC(=NCc1ccc(OC)c(OC)c1OC)NCC(C)(C)c1cccc(F)c1.I. The Morgan fingerprint density at radius 1 is 1.00 bits per heavy atom. The summed E-state index contributed by atoms with van der Waals surface area (Å²) in [5, 5.41) is 6.60. The van der Waals surface area contributed by atoms with Gasteiger partial charge in [0.25, 0.3) is 0 Å². The zero-order valence-electron chi connectivity index (χ0n) is 19.0. The van der Waals surface area contributed by atoms with Crippen molar-refractivity contribution in [2.75, 3.05) is 34.4 Å². The number of halogens is 2. The second-order valence-corrected chi connectivity index (χ2v) is 7.44. The number of guanidine groups is 1. The number of methoxy groups -OCH3 is 3. The molecule has 2 aromatic rings. The highest BCUT2D eigenvalue weighted by molar-refractivity contribution is 14.0. The number of hydrogen-bond donors (Lipinski definition) is 2. The van der Waals surface area contributed by atoms with Crippen LogP contribution in [0.25, 0.3) is 0 Å². The molecular formula is C23H33FIN3O3. The van der Waals surface area contributed by atoms with E-state index < -0.39 is 0 Å². The second kappa shape index (κ2) is 12.6. The molecule has 31 heavy (non-hydrogen) atoms. The number of nitrogens with zero attached hydrogens (tertiary/aromatic N) is 1. The molecule has 0 aromatic heterocycles. The van der Waals surface area contributed by atoms with Crippen LogP contribution in [0.2, 0.25) is 0 Å². The lowest BCUT2D eigenvalue weighted by Gasteiger charge is -2.27. The Morgan fingerprint density at radius 2 is 1.71 bits per heavy atom. The van der Waals surface area contributed by atoms with Crippen LogP contribution in [0.15, 0.2) is 41.4 Å². The molecule has 8 heteroatoms. The average Bonchev–Trinajstić information content (AvgIpc) is 2.74. The summed E-state index contributed by atoms with van der Waals surface area (Å²) in [6, 6.07) is 10.4. The maximum atomic E-state index is 13.6. The van der Waals surface area contributed by atoms with Crippen molar-refractivity contribution in [1.82, 2.24) is 10.6 Å². The van der Waals surface area contributed by atoms with Crippen LogP contribution in [0.1, 0.15) is 31.9 Å². The molecule has 0 amide bonds. The van der Waals surface area contributed by atoms with Gasteiger partial charge >= 0.3 is 0 Å². The van der Waals surface area contributed by atoms with Gasteiger partial charge in [-0.3, -0.25) is 0 Å². The standard InChI is InChI=1S/C23H32FN3O3.HI/c1-7-25-22(27-15-23(2,3)17-9-8-10-18(24)13-17)26-14-16-11-12-19(28-4)21(30-6)20(16)29-5;/h8-13H,7,14-15H2,1-6H3,(H2,25,26,27);1H. The summed E-state index contributed by atoms with van der Waals surface area (Å²) in [7, 11) is 4.76. The highest BCUT2D eigenvalue weighted by Gasteiger charge is 2.21. The fourth-order valence-corrected chi connectivity index (χ4v) is 3.11. The Bertz CT molecular complexity index is 875. The largest absolute Gasteiger partial charge is 0.493 e. The molecule has 0 saturated heterocycles. The van der Waals surface area contributed by atoms with Crippen molar-refractivity contribution < 1.29 is 18.6 Å². The van der Waals surface area contributed by atoms with Crippen LogP contribution in [0.5, 0.6) is 17.2 Å². The summed E-state index contributed by atoms with van der Waals surface area (Å²) in [6.45, 7) is 7.83. The predicted octanol–water partition coefficient (Wildman–Crippen LogP) is 4.50. The summed E-state index contributed by atoms with van der Waals surface area (Å²) in [4.78, 5) is 4.68. The third-order valence-electron chi connectivity index (χ3n) is 4.84. The van der Waals surface area contributed by atoms with E-state index in [0.717, 1.165) is 17.7 Å². The molecule has 0 atom stereocenters. The molecule has 0 aliphatic carbocycles. The topological polar surface area (TPSA) is 64.1 Å². The van der Waals surface area contributed by atoms with Gasteiger partial charge in [-0.25, -0.2) is 9.38 Å². The summed E-state index contributed by atoms with van der Waals surface area (Å²) in [5.74, 6) is 2.17. The molecule has 0 saturated carbocycles. The maximum absolute atomic E-state index is 13.6. The van der Waals surface area contributed by atoms with E-state index in [1.165, 1.54) is 6.07 Å². The van der Waals surface area contributed by atoms with Crippen LogP contribution in [0.3, 0.4) is 0 Å². The molecule has 2 aromatic carbocycles. The zero-order valence-corrected chi connectivity index (χ0v) is 21.4. The first-order valence-electron chi connectivity index (χ1n) is 9.92. The van der Waals surface area contributed by atoms with Crippen molar-refractivity contribution in [3.8, 4) is 17.2 Å². The Balaban J connectivity index is 0.00000480. The molecule has 0 spiro atoms. The quantitative estimate of drug-likeness (QED) is 0.276. The van der Waals surface area contributed by atoms with Crippen LogP contribution in [0.4, 0.5) is 4.39 Å². The Labute approximate surface area is 201 Å². The molecule has 0 radical (unpaired) electrons. The lowest BCUT2D eigenvalue weighted by atomic mass is 9.84. The van der Waals surface area contributed by atoms with E-state index in [0.29, 0.717) is 36.3 Å². The summed E-state index contributed by atoms with van der Waals surface area (Å²) in [6.07, 6.45) is 0. The number of hydrogen-bond acceptors (Lipinski definition) is 4. The van der Waals surface area contributed by atoms with Crippen LogP contribution < -0.4 is 24.8 Å². The first kappa shape index (κ1) is 26.8. The molecule has 0 fully saturated rings. The maximum Gasteiger partial charge on any atom is 0.203 e. The number of ether oxygens (including phenoxy) is 3. The third kappa shape index (κ3) is 7.15. The van der Waals surface area contributed by atoms with Gasteiger partial charge in [-0.2, -0.15) is 0 Å². The minimum atomic E-state index is -0.278. The van der Waals surface area contributed by atoms with Gasteiger partial charge in [-0.05, 0) is 36.8 Å². The van der Waals surface area contributed by atoms with Crippen molar-refractivity contribution in [3.05, 3.63) is 53.3 Å². The first-order valence-corrected chi connectivity index (χ1v) is 9.92. The molecule has 0 aliphatic rings. The molecule has 2 rings (SSSR count). The Kier molecular flexibility index (Phi) is 10.9. The summed E-state index contributed by atoms with van der Waals surface area (Å²) < 4.78 is 29.9. The monoisotopic (exact) mass is 545 g/mol. The fraction of sp³-hybridized carbons (Fsp3) is 0.435. The summed E-state index contributed by atoms with van der Waals surface area (Å²) in [5.41, 5.74) is 1.52. The molecule has 172 valence electrons. The van der Waals surface area contributed by atoms with Crippen LogP contribution in [-0.4, -0.2) is 40.4 Å². The predicted molar refractivity (Wildman–Crippen MR) is 134 cm³/mol. The van der Waals surface area contributed by atoms with Gasteiger partial charge in [0, 0.05) is 24.1 Å². The van der Waals surface area contributed by atoms with E-state index in [4.69, 9.17) is 14.2 Å². The van der Waals surface area contributed by atoms with E-state index in [2.05, 4.69) is 29.5 Å². The minimum Gasteiger partial charge on any atom is -0.493 e. The molecule has 0 aliphatic heterocycles. The van der Waals surface area contributed by atoms with Crippen LogP contribution >= 0.6 is 24.0 Å². The minimum absolute atomic E-state index is 0. The Morgan fingerprint density at radius 3 is 2.29 bits per heavy atom. The van der Waals surface area contributed by atoms with Gasteiger partial charge in [0.05, 0.1) is 27.9 Å². The van der Waals surface area contributed by atoms with Gasteiger partial charge < -0.3 is 24.8 Å². The van der Waals surface area contributed by atoms with Crippen LogP contribution in [-0.2, 0) is 12.0 Å². The normalized spacial score (nSPS) is 11.4. The lowest BCUT2D eigenvalue weighted by Crippen LogP contribution is -2.43. The van der Waals surface area contributed by atoms with Gasteiger partial charge in [0.2, 0.25) is 5.75 Å². The Hall–Kier alpha value is -2.23. The van der Waals surface area contributed by atoms with E-state index >= 15 is 0 Å². The van der Waals surface area contributed by atoms with E-state index in [1.807, 2.05) is 25.1 Å². The van der Waals surface area contributed by atoms with Crippen molar-refractivity contribution in [2.24, 2.45) is 4.99 Å². The number of aliphatic imine (C=N–C) groups is 1. The second-order valence-electron chi connectivity index (χ2n) is 7.44. The lowest BCUT2D eigenvalue weighted by molar-refractivity contribution is 0.322. The molecule has 2 N–H and O–H groups in total. The van der Waals surface area contributed by atoms with Crippen molar-refractivity contribution in [2.45, 2.75) is 32.7 Å². The molecule has 6 nitrogen and oxygen atoms in total. The van der Waals surface area contributed by atoms with Crippen LogP contribution in [0, 0.1) is 5.82 Å². The summed E-state index contributed by atoms with van der Waals surface area (Å²) >= 11 is 0. The highest BCUT2D eigenvalue weighted by Crippen LogP contribution is 2.39. The van der Waals surface area contributed by atoms with Gasteiger partial charge in [-0.15, -0.1) is 24.0 Å². The molecule has 0 bridgehead atoms. The smallest absolute Gasteiger partial charge is 0.203 e. The first-order chi connectivity index (χ1) is 14.4. The molecule has 0 unspecified atom stereocenters. The third-order valence-corrected chi connectivity index (χ3v) is 4.84. The molecule has 0 heterocycles. The number of nitrogens with one attached hydrogen (secondary N) is 2. The number of benzene rings is 2. The fourth-order valence-electron chi connectivity index (χ4n) is 3.11. The van der Waals surface area contributed by atoms with E-state index in [-0.39, 0.29) is 35.2 Å². The molecular weight excluding hydrogens is 512 g/mol. The van der Waals surface area contributed by atoms with E-state index in [9.17, 15) is 4.39 Å². The highest BCUT2D eigenvalue weighted by atomic mass is 127. The number of rotatable bonds is 9. The average molecular weight is 545 g/mol. The van der Waals surface area contributed by atoms with Crippen molar-refractivity contribution in [3.63, 3.8) is 0 Å². The van der Waals surface area contributed by atoms with Crippen molar-refractivity contribution in [1.29, 1.82) is 0 Å². The van der Waals surface area contributed by atoms with Gasteiger partial charge in [-0.1, -0.05) is 26.0 Å². The van der Waals surface area contributed by atoms with Crippen molar-refractivity contribution >= 4 is 29.9 Å². The van der Waals surface area contributed by atoms with Gasteiger partial charge in [0.15, 0.2) is 17.5 Å². The van der Waals surface area contributed by atoms with E-state index in [1.54, 1.807) is 33.5 Å². The van der Waals surface area contributed by atoms with Gasteiger partial charge in [0.1, 0.15) is 5.82 Å².